The van der Waals surface area contributed by atoms with Crippen LogP contribution in [0, 0.1) is 0 Å². The fraction of sp³-hybridized carbons (Fsp3) is 0.583. The molecule has 1 unspecified atom stereocenters. The van der Waals surface area contributed by atoms with Crippen LogP contribution in [0.2, 0.25) is 0 Å². The van der Waals surface area contributed by atoms with E-state index in [4.69, 9.17) is 0 Å². The van der Waals surface area contributed by atoms with Crippen molar-refractivity contribution in [3.05, 3.63) is 28.5 Å². The van der Waals surface area contributed by atoms with Crippen LogP contribution in [0.5, 0.6) is 0 Å². The summed E-state index contributed by atoms with van der Waals surface area (Å²) in [5, 5.41) is 3.50. The second-order valence-corrected chi connectivity index (χ2v) is 4.85. The lowest BCUT2D eigenvalue weighted by Gasteiger charge is -2.13. The number of hydrogen-bond donors (Lipinski definition) is 1. The van der Waals surface area contributed by atoms with Crippen LogP contribution in [0.4, 0.5) is 0 Å². The highest BCUT2D eigenvalue weighted by molar-refractivity contribution is 9.10. The highest BCUT2D eigenvalue weighted by atomic mass is 79.9. The van der Waals surface area contributed by atoms with E-state index < -0.39 is 0 Å². The highest BCUT2D eigenvalue weighted by Gasteiger charge is 2.01. The Balaban J connectivity index is 2.30. The Morgan fingerprint density at radius 3 is 2.93 bits per heavy atom. The van der Waals surface area contributed by atoms with Crippen molar-refractivity contribution in [2.45, 2.75) is 45.7 Å². The summed E-state index contributed by atoms with van der Waals surface area (Å²) in [7, 11) is 0. The van der Waals surface area contributed by atoms with Crippen LogP contribution < -0.4 is 5.32 Å². The summed E-state index contributed by atoms with van der Waals surface area (Å²) in [5.74, 6) is 0. The molecule has 0 saturated heterocycles. The maximum Gasteiger partial charge on any atom is 0.0410 e. The first-order chi connectivity index (χ1) is 7.22. The number of hydrogen-bond acceptors (Lipinski definition) is 2. The van der Waals surface area contributed by atoms with Gasteiger partial charge in [0.2, 0.25) is 0 Å². The smallest absolute Gasteiger partial charge is 0.0410 e. The average Bonchev–Trinajstić information content (AvgIpc) is 2.23. The average molecular weight is 271 g/mol. The van der Waals surface area contributed by atoms with Gasteiger partial charge in [-0.15, -0.1) is 0 Å². The van der Waals surface area contributed by atoms with Crippen LogP contribution in [-0.2, 0) is 6.54 Å². The third-order valence-corrected chi connectivity index (χ3v) is 2.84. The topological polar surface area (TPSA) is 24.9 Å². The van der Waals surface area contributed by atoms with Gasteiger partial charge in [0.25, 0.3) is 0 Å². The van der Waals surface area contributed by atoms with E-state index in [1.165, 1.54) is 24.8 Å². The Morgan fingerprint density at radius 2 is 2.27 bits per heavy atom. The Hall–Kier alpha value is -0.410. The van der Waals surface area contributed by atoms with Crippen molar-refractivity contribution in [2.75, 3.05) is 0 Å². The molecule has 1 N–H and O–H groups in total. The van der Waals surface area contributed by atoms with Gasteiger partial charge >= 0.3 is 0 Å². The standard InChI is InChI=1S/C12H19BrN2/c1-3-4-5-10(2)15-8-11-6-12(13)9-14-7-11/h6-7,9-10,15H,3-5,8H2,1-2H3. The molecule has 1 rings (SSSR count). The molecule has 84 valence electrons. The third kappa shape index (κ3) is 5.28. The lowest BCUT2D eigenvalue weighted by atomic mass is 10.1. The number of nitrogens with zero attached hydrogens (tertiary/aromatic N) is 1. The van der Waals surface area contributed by atoms with Crippen molar-refractivity contribution in [2.24, 2.45) is 0 Å². The zero-order valence-corrected chi connectivity index (χ0v) is 11.0. The van der Waals surface area contributed by atoms with E-state index in [-0.39, 0.29) is 0 Å². The molecule has 0 aliphatic carbocycles. The maximum atomic E-state index is 4.14. The van der Waals surface area contributed by atoms with Gasteiger partial charge in [-0.05, 0) is 40.9 Å². The number of nitrogens with one attached hydrogen (secondary N) is 1. The molecule has 1 aromatic rings. The Morgan fingerprint density at radius 1 is 1.47 bits per heavy atom. The lowest BCUT2D eigenvalue weighted by Crippen LogP contribution is -2.25. The summed E-state index contributed by atoms with van der Waals surface area (Å²) in [6.07, 6.45) is 7.53. The fourth-order valence-corrected chi connectivity index (χ4v) is 1.87. The van der Waals surface area contributed by atoms with Crippen molar-refractivity contribution < 1.29 is 0 Å². The molecule has 0 aliphatic rings. The predicted molar refractivity (Wildman–Crippen MR) is 67.8 cm³/mol. The molecule has 0 amide bonds. The van der Waals surface area contributed by atoms with Crippen LogP contribution in [0.1, 0.15) is 38.7 Å². The molecule has 0 radical (unpaired) electrons. The molecule has 15 heavy (non-hydrogen) atoms. The summed E-state index contributed by atoms with van der Waals surface area (Å²) >= 11 is 3.42. The van der Waals surface area contributed by atoms with E-state index in [0.29, 0.717) is 6.04 Å². The SMILES string of the molecule is CCCCC(C)NCc1cncc(Br)c1. The number of rotatable bonds is 6. The molecule has 1 heterocycles. The van der Waals surface area contributed by atoms with Crippen molar-refractivity contribution in [3.8, 4) is 0 Å². The maximum absolute atomic E-state index is 4.14. The van der Waals surface area contributed by atoms with Gasteiger partial charge in [0.1, 0.15) is 0 Å². The van der Waals surface area contributed by atoms with Gasteiger partial charge in [0.05, 0.1) is 0 Å². The zero-order valence-electron chi connectivity index (χ0n) is 9.46. The van der Waals surface area contributed by atoms with E-state index in [1.807, 2.05) is 12.4 Å². The van der Waals surface area contributed by atoms with Crippen LogP contribution in [-0.4, -0.2) is 11.0 Å². The highest BCUT2D eigenvalue weighted by Crippen LogP contribution is 2.09. The predicted octanol–water partition coefficient (Wildman–Crippen LogP) is 3.51. The van der Waals surface area contributed by atoms with E-state index >= 15 is 0 Å². The van der Waals surface area contributed by atoms with Crippen LogP contribution >= 0.6 is 15.9 Å². The van der Waals surface area contributed by atoms with Gasteiger partial charge in [0.15, 0.2) is 0 Å². The number of aromatic nitrogens is 1. The van der Waals surface area contributed by atoms with Crippen molar-refractivity contribution in [1.82, 2.24) is 10.3 Å². The third-order valence-electron chi connectivity index (χ3n) is 2.41. The monoisotopic (exact) mass is 270 g/mol. The van der Waals surface area contributed by atoms with Crippen LogP contribution in [0.25, 0.3) is 0 Å². The summed E-state index contributed by atoms with van der Waals surface area (Å²) in [5.41, 5.74) is 1.23. The van der Waals surface area contributed by atoms with Crippen LogP contribution in [0.3, 0.4) is 0 Å². The first-order valence-electron chi connectivity index (χ1n) is 5.55. The second kappa shape index (κ2) is 6.96. The molecule has 0 bridgehead atoms. The molecule has 0 aliphatic heterocycles. The van der Waals surface area contributed by atoms with Gasteiger partial charge in [-0.1, -0.05) is 19.8 Å². The second-order valence-electron chi connectivity index (χ2n) is 3.94. The van der Waals surface area contributed by atoms with Gasteiger partial charge in [-0.2, -0.15) is 0 Å². The summed E-state index contributed by atoms with van der Waals surface area (Å²) < 4.78 is 1.04. The number of unbranched alkanes of at least 4 members (excludes halogenated alkanes) is 1. The number of halogens is 1. The molecule has 2 nitrogen and oxygen atoms in total. The van der Waals surface area contributed by atoms with Crippen molar-refractivity contribution >= 4 is 15.9 Å². The molecular weight excluding hydrogens is 252 g/mol. The summed E-state index contributed by atoms with van der Waals surface area (Å²) in [4.78, 5) is 4.14. The quantitative estimate of drug-likeness (QED) is 0.856. The normalized spacial score (nSPS) is 12.7. The minimum absolute atomic E-state index is 0.587. The van der Waals surface area contributed by atoms with E-state index in [9.17, 15) is 0 Å². The van der Waals surface area contributed by atoms with E-state index in [0.717, 1.165) is 11.0 Å². The molecule has 3 heteroatoms. The lowest BCUT2D eigenvalue weighted by molar-refractivity contribution is 0.494. The molecule has 0 fully saturated rings. The van der Waals surface area contributed by atoms with Gasteiger partial charge in [-0.3, -0.25) is 4.98 Å². The van der Waals surface area contributed by atoms with E-state index in [1.54, 1.807) is 0 Å². The molecule has 0 saturated carbocycles. The first kappa shape index (κ1) is 12.7. The van der Waals surface area contributed by atoms with Crippen molar-refractivity contribution in [1.29, 1.82) is 0 Å². The van der Waals surface area contributed by atoms with Crippen LogP contribution in [0.15, 0.2) is 22.9 Å². The fourth-order valence-electron chi connectivity index (χ4n) is 1.46. The molecule has 1 atom stereocenters. The summed E-state index contributed by atoms with van der Waals surface area (Å²) in [6, 6.07) is 2.69. The molecule has 0 aromatic carbocycles. The van der Waals surface area contributed by atoms with Crippen molar-refractivity contribution in [3.63, 3.8) is 0 Å². The summed E-state index contributed by atoms with van der Waals surface area (Å²) in [6.45, 7) is 5.36. The Labute approximate surface area is 101 Å². The minimum atomic E-state index is 0.587. The Kier molecular flexibility index (Phi) is 5.88. The largest absolute Gasteiger partial charge is 0.310 e. The molecular formula is C12H19BrN2. The molecule has 0 spiro atoms. The van der Waals surface area contributed by atoms with Gasteiger partial charge in [0, 0.05) is 29.5 Å². The number of pyridine rings is 1. The minimum Gasteiger partial charge on any atom is -0.310 e. The van der Waals surface area contributed by atoms with Gasteiger partial charge < -0.3 is 5.32 Å². The Bertz CT molecular complexity index is 289. The van der Waals surface area contributed by atoms with Gasteiger partial charge in [-0.25, -0.2) is 0 Å². The first-order valence-corrected chi connectivity index (χ1v) is 6.34. The molecule has 1 aromatic heterocycles. The zero-order chi connectivity index (χ0) is 11.1. The van der Waals surface area contributed by atoms with E-state index in [2.05, 4.69) is 46.1 Å².